The normalized spacial score (nSPS) is 12.7. The van der Waals surface area contributed by atoms with E-state index in [1.807, 2.05) is 6.07 Å². The lowest BCUT2D eigenvalue weighted by molar-refractivity contribution is 0.489. The minimum absolute atomic E-state index is 0.0807. The van der Waals surface area contributed by atoms with Crippen molar-refractivity contribution in [3.8, 4) is 0 Å². The Hall–Kier alpha value is -0.300. The molecule has 1 nitrogen and oxygen atoms in total. The van der Waals surface area contributed by atoms with Crippen molar-refractivity contribution < 1.29 is 8.78 Å². The zero-order chi connectivity index (χ0) is 14.0. The van der Waals surface area contributed by atoms with Crippen LogP contribution in [0.4, 0.5) is 8.78 Å². The molecule has 0 saturated heterocycles. The van der Waals surface area contributed by atoms with Gasteiger partial charge in [0.25, 0.3) is 0 Å². The molecule has 0 fully saturated rings. The maximum atomic E-state index is 13.6. The van der Waals surface area contributed by atoms with Crippen LogP contribution in [-0.4, -0.2) is 0 Å². The summed E-state index contributed by atoms with van der Waals surface area (Å²) in [4.78, 5) is 1.09. The number of rotatable bonds is 4. The fourth-order valence-electron chi connectivity index (χ4n) is 1.76. The molecule has 1 atom stereocenters. The van der Waals surface area contributed by atoms with Crippen LogP contribution in [0.25, 0.3) is 0 Å². The molecule has 1 aromatic carbocycles. The first-order valence-corrected chi connectivity index (χ1v) is 8.00. The molecule has 6 heteroatoms. The second-order valence-corrected chi connectivity index (χ2v) is 7.38. The van der Waals surface area contributed by atoms with Crippen LogP contribution >= 0.6 is 43.2 Å². The molecule has 0 bridgehead atoms. The largest absolute Gasteiger partial charge is 0.305 e. The summed E-state index contributed by atoms with van der Waals surface area (Å²) in [6.07, 6.45) is 0. The van der Waals surface area contributed by atoms with E-state index in [1.165, 1.54) is 18.2 Å². The first kappa shape index (κ1) is 15.1. The zero-order valence-corrected chi connectivity index (χ0v) is 14.0. The van der Waals surface area contributed by atoms with Crippen molar-refractivity contribution in [2.45, 2.75) is 19.5 Å². The Morgan fingerprint density at radius 3 is 2.42 bits per heavy atom. The summed E-state index contributed by atoms with van der Waals surface area (Å²) in [7, 11) is 0. The molecule has 0 aliphatic heterocycles. The summed E-state index contributed by atoms with van der Waals surface area (Å²) in [5.41, 5.74) is 0.0807. The average molecular weight is 411 g/mol. The fourth-order valence-corrected chi connectivity index (χ4v) is 3.89. The predicted octanol–water partition coefficient (Wildman–Crippen LogP) is 5.40. The van der Waals surface area contributed by atoms with E-state index in [2.05, 4.69) is 37.2 Å². The molecule has 102 valence electrons. The molecule has 19 heavy (non-hydrogen) atoms. The summed E-state index contributed by atoms with van der Waals surface area (Å²) in [6.45, 7) is 2.31. The molecule has 0 spiro atoms. The number of halogens is 4. The van der Waals surface area contributed by atoms with Gasteiger partial charge in [-0.15, -0.1) is 11.3 Å². The molecule has 0 aliphatic rings. The highest BCUT2D eigenvalue weighted by Gasteiger charge is 2.15. The van der Waals surface area contributed by atoms with Crippen molar-refractivity contribution in [3.63, 3.8) is 0 Å². The van der Waals surface area contributed by atoms with Gasteiger partial charge >= 0.3 is 0 Å². The minimum Gasteiger partial charge on any atom is -0.305 e. The van der Waals surface area contributed by atoms with Crippen LogP contribution in [0, 0.1) is 11.6 Å². The molecule has 1 heterocycles. The van der Waals surface area contributed by atoms with Crippen LogP contribution in [0.1, 0.15) is 23.4 Å². The van der Waals surface area contributed by atoms with Crippen molar-refractivity contribution in [1.82, 2.24) is 5.32 Å². The highest BCUT2D eigenvalue weighted by atomic mass is 79.9. The first-order chi connectivity index (χ1) is 8.99. The van der Waals surface area contributed by atoms with E-state index in [0.717, 1.165) is 13.1 Å². The average Bonchev–Trinajstić information content (AvgIpc) is 2.66. The predicted molar refractivity (Wildman–Crippen MR) is 81.3 cm³/mol. The summed E-state index contributed by atoms with van der Waals surface area (Å²) >= 11 is 8.40. The van der Waals surface area contributed by atoms with Crippen molar-refractivity contribution >= 4 is 43.2 Å². The Balaban J connectivity index is 2.07. The third-order valence-electron chi connectivity index (χ3n) is 2.71. The van der Waals surface area contributed by atoms with Gasteiger partial charge in [-0.3, -0.25) is 0 Å². The maximum Gasteiger partial charge on any atom is 0.130 e. The molecular weight excluding hydrogens is 400 g/mol. The molecule has 0 saturated carbocycles. The minimum atomic E-state index is -0.520. The molecule has 1 unspecified atom stereocenters. The Morgan fingerprint density at radius 2 is 1.89 bits per heavy atom. The maximum absolute atomic E-state index is 13.6. The summed E-state index contributed by atoms with van der Waals surface area (Å²) < 4.78 is 29.2. The van der Waals surface area contributed by atoms with Crippen LogP contribution in [0.3, 0.4) is 0 Å². The van der Waals surface area contributed by atoms with E-state index in [1.54, 1.807) is 18.3 Å². The van der Waals surface area contributed by atoms with Crippen molar-refractivity contribution in [1.29, 1.82) is 0 Å². The van der Waals surface area contributed by atoms with Crippen LogP contribution in [0.2, 0.25) is 0 Å². The van der Waals surface area contributed by atoms with Crippen LogP contribution in [0.5, 0.6) is 0 Å². The number of benzene rings is 1. The third kappa shape index (κ3) is 3.62. The molecular formula is C13H11Br2F2NS. The summed E-state index contributed by atoms with van der Waals surface area (Å²) in [5, 5.41) is 3.13. The molecule has 1 aromatic heterocycles. The molecule has 0 amide bonds. The number of hydrogen-bond donors (Lipinski definition) is 1. The summed E-state index contributed by atoms with van der Waals surface area (Å²) in [5.74, 6) is -1.04. The molecule has 2 aromatic rings. The highest BCUT2D eigenvalue weighted by Crippen LogP contribution is 2.32. The zero-order valence-electron chi connectivity index (χ0n) is 10.0. The van der Waals surface area contributed by atoms with E-state index >= 15 is 0 Å². The highest BCUT2D eigenvalue weighted by molar-refractivity contribution is 9.13. The van der Waals surface area contributed by atoms with Gasteiger partial charge in [-0.25, -0.2) is 8.78 Å². The van der Waals surface area contributed by atoms with Crippen molar-refractivity contribution in [2.24, 2.45) is 0 Å². The van der Waals surface area contributed by atoms with Gasteiger partial charge in [-0.1, -0.05) is 6.07 Å². The van der Waals surface area contributed by atoms with Gasteiger partial charge in [-0.2, -0.15) is 0 Å². The summed E-state index contributed by atoms with van der Waals surface area (Å²) in [6, 6.07) is 5.51. The van der Waals surface area contributed by atoms with Gasteiger partial charge in [0.1, 0.15) is 11.6 Å². The van der Waals surface area contributed by atoms with Gasteiger partial charge in [0, 0.05) is 27.5 Å². The molecule has 1 N–H and O–H groups in total. The Morgan fingerprint density at radius 1 is 1.26 bits per heavy atom. The van der Waals surface area contributed by atoms with Gasteiger partial charge in [-0.05, 0) is 57.0 Å². The van der Waals surface area contributed by atoms with Gasteiger partial charge in [0.2, 0.25) is 0 Å². The lowest BCUT2D eigenvalue weighted by Gasteiger charge is -2.15. The number of hydrogen-bond acceptors (Lipinski definition) is 2. The van der Waals surface area contributed by atoms with Gasteiger partial charge < -0.3 is 5.32 Å². The Bertz CT molecular complexity index is 546. The molecule has 0 aliphatic carbocycles. The molecule has 0 radical (unpaired) electrons. The number of nitrogens with one attached hydrogen (secondary N) is 1. The Labute approximate surface area is 131 Å². The van der Waals surface area contributed by atoms with Crippen LogP contribution < -0.4 is 5.32 Å². The van der Waals surface area contributed by atoms with Crippen LogP contribution in [-0.2, 0) is 6.54 Å². The third-order valence-corrected chi connectivity index (χ3v) is 5.97. The lowest BCUT2D eigenvalue weighted by Crippen LogP contribution is -2.19. The van der Waals surface area contributed by atoms with E-state index in [4.69, 9.17) is 0 Å². The quantitative estimate of drug-likeness (QED) is 0.711. The molecule has 2 rings (SSSR count). The van der Waals surface area contributed by atoms with Gasteiger partial charge in [0.05, 0.1) is 3.79 Å². The topological polar surface area (TPSA) is 12.0 Å². The van der Waals surface area contributed by atoms with E-state index in [0.29, 0.717) is 6.54 Å². The fraction of sp³-hybridized carbons (Fsp3) is 0.231. The Kier molecular flexibility index (Phi) is 5.11. The monoisotopic (exact) mass is 409 g/mol. The lowest BCUT2D eigenvalue weighted by atomic mass is 10.1. The van der Waals surface area contributed by atoms with Crippen LogP contribution in [0.15, 0.2) is 32.5 Å². The van der Waals surface area contributed by atoms with E-state index < -0.39 is 11.6 Å². The standard InChI is InChI=1S/C13H11Br2F2NS/c1-7(12-10(16)3-2-4-11(12)17)18-6-8-5-9(14)13(15)19-8/h2-5,7,18H,6H2,1H3. The second kappa shape index (κ2) is 6.43. The van der Waals surface area contributed by atoms with Crippen molar-refractivity contribution in [2.75, 3.05) is 0 Å². The second-order valence-electron chi connectivity index (χ2n) is 4.07. The number of thiophene rings is 1. The SMILES string of the molecule is CC(NCc1cc(Br)c(Br)s1)c1c(F)cccc1F. The van der Waals surface area contributed by atoms with Gasteiger partial charge in [0.15, 0.2) is 0 Å². The van der Waals surface area contributed by atoms with E-state index in [9.17, 15) is 8.78 Å². The first-order valence-electron chi connectivity index (χ1n) is 5.60. The van der Waals surface area contributed by atoms with Crippen molar-refractivity contribution in [3.05, 3.63) is 54.6 Å². The smallest absolute Gasteiger partial charge is 0.130 e. The van der Waals surface area contributed by atoms with E-state index in [-0.39, 0.29) is 11.6 Å².